The van der Waals surface area contributed by atoms with E-state index in [2.05, 4.69) is 0 Å². The minimum atomic E-state index is -0.990. The van der Waals surface area contributed by atoms with Gasteiger partial charge in [0.25, 0.3) is 0 Å². The second kappa shape index (κ2) is 9.71. The average molecular weight is 208 g/mol. The van der Waals surface area contributed by atoms with E-state index in [1.165, 1.54) is 0 Å². The number of hydrogen-bond donors (Lipinski definition) is 1. The Morgan fingerprint density at radius 3 is 2.57 bits per heavy atom. The van der Waals surface area contributed by atoms with Gasteiger partial charge >= 0.3 is 29.6 Å². The zero-order valence-corrected chi connectivity index (χ0v) is 11.2. The van der Waals surface area contributed by atoms with E-state index in [9.17, 15) is 9.90 Å². The molecule has 0 aromatic rings. The molecule has 0 saturated carbocycles. The van der Waals surface area contributed by atoms with Crippen LogP contribution >= 0.6 is 0 Å². The quantitative estimate of drug-likeness (QED) is 0.387. The minimum Gasteiger partial charge on any atom is -0.550 e. The molecule has 0 unspecified atom stereocenters. The second-order valence-corrected chi connectivity index (χ2v) is 3.47. The summed E-state index contributed by atoms with van der Waals surface area (Å²) in [7, 11) is 0. The van der Waals surface area contributed by atoms with Gasteiger partial charge in [0.2, 0.25) is 0 Å². The summed E-state index contributed by atoms with van der Waals surface area (Å²) < 4.78 is 0. The molecule has 0 saturated heterocycles. The Balaban J connectivity index is 0. The molecule has 0 spiro atoms. The second-order valence-electron chi connectivity index (χ2n) is 3.47. The van der Waals surface area contributed by atoms with Crippen LogP contribution in [0.25, 0.3) is 0 Å². The third-order valence-corrected chi connectivity index (χ3v) is 1.92. The summed E-state index contributed by atoms with van der Waals surface area (Å²) in [6, 6.07) is 0. The summed E-state index contributed by atoms with van der Waals surface area (Å²) >= 11 is 0. The van der Waals surface area contributed by atoms with E-state index >= 15 is 0 Å². The minimum absolute atomic E-state index is 0. The third-order valence-electron chi connectivity index (χ3n) is 1.92. The SMILES string of the molecule is C/C(=C\CC[C@@H](C)CC(=O)[O-])CO.[Na+]. The van der Waals surface area contributed by atoms with Crippen LogP contribution in [0.3, 0.4) is 0 Å². The number of hydrogen-bond acceptors (Lipinski definition) is 3. The largest absolute Gasteiger partial charge is 1.00 e. The maximum Gasteiger partial charge on any atom is 1.00 e. The van der Waals surface area contributed by atoms with Crippen molar-refractivity contribution in [1.29, 1.82) is 0 Å². The molecule has 14 heavy (non-hydrogen) atoms. The van der Waals surface area contributed by atoms with E-state index in [0.29, 0.717) is 0 Å². The molecular formula is C10H17NaO3. The summed E-state index contributed by atoms with van der Waals surface area (Å²) in [5, 5.41) is 18.9. The van der Waals surface area contributed by atoms with E-state index in [1.807, 2.05) is 19.9 Å². The van der Waals surface area contributed by atoms with E-state index in [-0.39, 0.29) is 48.5 Å². The molecule has 0 aliphatic rings. The van der Waals surface area contributed by atoms with Crippen LogP contribution in [0.15, 0.2) is 11.6 Å². The molecule has 0 aromatic carbocycles. The first-order chi connectivity index (χ1) is 6.06. The summed E-state index contributed by atoms with van der Waals surface area (Å²) in [5.41, 5.74) is 0.931. The predicted molar refractivity (Wildman–Crippen MR) is 48.9 cm³/mol. The Hall–Kier alpha value is 0.170. The van der Waals surface area contributed by atoms with Crippen LogP contribution < -0.4 is 34.7 Å². The monoisotopic (exact) mass is 208 g/mol. The van der Waals surface area contributed by atoms with Gasteiger partial charge in [0.05, 0.1) is 6.61 Å². The molecule has 76 valence electrons. The average Bonchev–Trinajstić information content (AvgIpc) is 2.02. The summed E-state index contributed by atoms with van der Waals surface area (Å²) in [6.45, 7) is 3.82. The molecule has 1 N–H and O–H groups in total. The number of aliphatic hydroxyl groups excluding tert-OH is 1. The van der Waals surface area contributed by atoms with Crippen LogP contribution in [0.2, 0.25) is 0 Å². The van der Waals surface area contributed by atoms with Gasteiger partial charge in [0.1, 0.15) is 0 Å². The van der Waals surface area contributed by atoms with Crippen molar-refractivity contribution in [3.63, 3.8) is 0 Å². The number of carboxylic acid groups (broad SMARTS) is 1. The predicted octanol–water partition coefficient (Wildman–Crippen LogP) is -2.51. The third kappa shape index (κ3) is 10.3. The van der Waals surface area contributed by atoms with Crippen LogP contribution in [-0.2, 0) is 4.79 Å². The van der Waals surface area contributed by atoms with E-state index in [1.54, 1.807) is 0 Å². The van der Waals surface area contributed by atoms with Gasteiger partial charge in [-0.05, 0) is 32.1 Å². The van der Waals surface area contributed by atoms with Crippen molar-refractivity contribution in [2.24, 2.45) is 5.92 Å². The molecule has 0 rings (SSSR count). The van der Waals surface area contributed by atoms with Gasteiger partial charge in [-0.2, -0.15) is 0 Å². The summed E-state index contributed by atoms with van der Waals surface area (Å²) in [5.74, 6) is -0.844. The van der Waals surface area contributed by atoms with Gasteiger partial charge < -0.3 is 15.0 Å². The zero-order chi connectivity index (χ0) is 10.3. The Labute approximate surface area is 107 Å². The molecule has 0 bridgehead atoms. The Morgan fingerprint density at radius 2 is 2.14 bits per heavy atom. The molecular weight excluding hydrogens is 191 g/mol. The van der Waals surface area contributed by atoms with Crippen molar-refractivity contribution in [2.75, 3.05) is 6.61 Å². The molecule has 0 radical (unpaired) electrons. The number of aliphatic carboxylic acids is 1. The number of carboxylic acids is 1. The van der Waals surface area contributed by atoms with Gasteiger partial charge in [0.15, 0.2) is 0 Å². The van der Waals surface area contributed by atoms with Gasteiger partial charge in [-0.25, -0.2) is 0 Å². The maximum atomic E-state index is 10.2. The van der Waals surface area contributed by atoms with Crippen molar-refractivity contribution < 1.29 is 44.6 Å². The normalized spacial score (nSPS) is 13.2. The zero-order valence-electron chi connectivity index (χ0n) is 9.25. The van der Waals surface area contributed by atoms with Crippen LogP contribution in [0.4, 0.5) is 0 Å². The van der Waals surface area contributed by atoms with E-state index < -0.39 is 5.97 Å². The topological polar surface area (TPSA) is 60.4 Å². The fourth-order valence-electron chi connectivity index (χ4n) is 1.07. The van der Waals surface area contributed by atoms with Crippen LogP contribution in [0.5, 0.6) is 0 Å². The first-order valence-corrected chi connectivity index (χ1v) is 4.52. The number of aliphatic hydroxyl groups is 1. The maximum absolute atomic E-state index is 10.2. The molecule has 0 aliphatic heterocycles. The smallest absolute Gasteiger partial charge is 0.550 e. The summed E-state index contributed by atoms with van der Waals surface area (Å²) in [4.78, 5) is 10.2. The Bertz CT molecular complexity index is 190. The van der Waals surface area contributed by atoms with Crippen molar-refractivity contribution in [1.82, 2.24) is 0 Å². The number of rotatable bonds is 6. The van der Waals surface area contributed by atoms with Crippen molar-refractivity contribution >= 4 is 5.97 Å². The Kier molecular flexibility index (Phi) is 11.5. The molecule has 0 aromatic heterocycles. The first-order valence-electron chi connectivity index (χ1n) is 4.52. The van der Waals surface area contributed by atoms with Crippen LogP contribution in [0, 0.1) is 5.92 Å². The molecule has 4 heteroatoms. The molecule has 0 amide bonds. The first kappa shape index (κ1) is 16.6. The molecule has 0 aliphatic carbocycles. The van der Waals surface area contributed by atoms with Gasteiger partial charge in [0, 0.05) is 5.97 Å². The van der Waals surface area contributed by atoms with Crippen molar-refractivity contribution in [3.8, 4) is 0 Å². The van der Waals surface area contributed by atoms with Crippen molar-refractivity contribution in [3.05, 3.63) is 11.6 Å². The summed E-state index contributed by atoms with van der Waals surface area (Å²) in [6.07, 6.45) is 3.70. The molecule has 0 heterocycles. The standard InChI is InChI=1S/C10H18O3.Na/c1-8(6-10(12)13)4-3-5-9(2)7-11;/h5,8,11H,3-4,6-7H2,1-2H3,(H,12,13);/q;+1/p-1/b9-5+;/t8-;/m1./s1. The fourth-order valence-corrected chi connectivity index (χ4v) is 1.07. The van der Waals surface area contributed by atoms with Gasteiger partial charge in [-0.15, -0.1) is 0 Å². The number of carbonyl (C=O) groups is 1. The van der Waals surface area contributed by atoms with Crippen LogP contribution in [-0.4, -0.2) is 17.7 Å². The van der Waals surface area contributed by atoms with Gasteiger partial charge in [-0.3, -0.25) is 0 Å². The molecule has 3 nitrogen and oxygen atoms in total. The van der Waals surface area contributed by atoms with Gasteiger partial charge in [-0.1, -0.05) is 18.6 Å². The fraction of sp³-hybridized carbons (Fsp3) is 0.700. The Morgan fingerprint density at radius 1 is 1.57 bits per heavy atom. The number of carbonyl (C=O) groups excluding carboxylic acids is 1. The number of allylic oxidation sites excluding steroid dienone is 1. The molecule has 1 atom stereocenters. The van der Waals surface area contributed by atoms with Crippen molar-refractivity contribution in [2.45, 2.75) is 33.1 Å². The van der Waals surface area contributed by atoms with Crippen LogP contribution in [0.1, 0.15) is 33.1 Å². The van der Waals surface area contributed by atoms with E-state index in [0.717, 1.165) is 18.4 Å². The molecule has 0 fully saturated rings. The van der Waals surface area contributed by atoms with E-state index in [4.69, 9.17) is 5.11 Å².